The van der Waals surface area contributed by atoms with E-state index in [1.165, 1.54) is 12.1 Å². The van der Waals surface area contributed by atoms with Gasteiger partial charge < -0.3 is 8.98 Å². The molecule has 8 rings (SSSR count). The van der Waals surface area contributed by atoms with E-state index >= 15 is 0 Å². The van der Waals surface area contributed by atoms with Crippen LogP contribution in [-0.2, 0) is 11.3 Å². The normalized spacial score (nSPS) is 26.3. The molecule has 1 aromatic carbocycles. The molecule has 0 N–H and O–H groups in total. The van der Waals surface area contributed by atoms with E-state index in [1.807, 2.05) is 22.9 Å². The molecule has 5 nitrogen and oxygen atoms in total. The highest BCUT2D eigenvalue weighted by atomic mass is 19.1. The van der Waals surface area contributed by atoms with Crippen LogP contribution in [0.3, 0.4) is 0 Å². The second kappa shape index (κ2) is 6.44. The maximum Gasteiger partial charge on any atom is 0.167 e. The molecule has 4 saturated carbocycles. The molecule has 3 heterocycles. The van der Waals surface area contributed by atoms with Gasteiger partial charge in [0.05, 0.1) is 17.6 Å². The van der Waals surface area contributed by atoms with E-state index < -0.39 is 0 Å². The molecule has 0 atom stereocenters. The number of rotatable bonds is 7. The highest BCUT2D eigenvalue weighted by Gasteiger charge is 2.79. The number of Topliss-reactive ketones (excluding diaryl/α,β-unsaturated/α-hetero) is 2. The van der Waals surface area contributed by atoms with Crippen molar-refractivity contribution in [3.05, 3.63) is 66.1 Å². The molecule has 172 valence electrons. The van der Waals surface area contributed by atoms with Gasteiger partial charge in [0, 0.05) is 41.2 Å². The molecule has 4 aliphatic rings. The van der Waals surface area contributed by atoms with Crippen LogP contribution < -0.4 is 0 Å². The largest absolute Gasteiger partial charge is 0.459 e. The minimum atomic E-state index is -0.294. The van der Waals surface area contributed by atoms with Crippen LogP contribution in [-0.4, -0.2) is 21.1 Å². The molecule has 4 aromatic rings. The summed E-state index contributed by atoms with van der Waals surface area (Å²) in [6.07, 6.45) is 11.0. The predicted molar refractivity (Wildman–Crippen MR) is 125 cm³/mol. The first-order chi connectivity index (χ1) is 16.3. The van der Waals surface area contributed by atoms with E-state index in [2.05, 4.69) is 4.98 Å². The summed E-state index contributed by atoms with van der Waals surface area (Å²) in [5.74, 6) is 0.855. The molecule has 3 aromatic heterocycles. The Labute approximate surface area is 196 Å². The molecular weight excluding hydrogens is 431 g/mol. The summed E-state index contributed by atoms with van der Waals surface area (Å²) in [5.41, 5.74) is 2.32. The lowest BCUT2D eigenvalue weighted by Gasteiger charge is -2.73. The highest BCUT2D eigenvalue weighted by Crippen LogP contribution is 2.85. The van der Waals surface area contributed by atoms with Crippen LogP contribution in [0, 0.1) is 22.1 Å². The van der Waals surface area contributed by atoms with Crippen molar-refractivity contribution in [1.29, 1.82) is 0 Å². The number of ketones is 2. The van der Waals surface area contributed by atoms with Crippen LogP contribution in [0.25, 0.3) is 21.9 Å². The molecule has 6 heteroatoms. The van der Waals surface area contributed by atoms with Gasteiger partial charge in [-0.25, -0.2) is 4.39 Å². The number of aromatic nitrogens is 2. The quantitative estimate of drug-likeness (QED) is 0.316. The Bertz CT molecular complexity index is 1500. The Hall–Kier alpha value is -3.28. The van der Waals surface area contributed by atoms with Crippen molar-refractivity contribution in [3.63, 3.8) is 0 Å². The number of nitrogens with zero attached hydrogens (tertiary/aromatic N) is 2. The molecule has 0 aliphatic heterocycles. The van der Waals surface area contributed by atoms with E-state index in [-0.39, 0.29) is 27.8 Å². The van der Waals surface area contributed by atoms with E-state index in [1.54, 1.807) is 25.4 Å². The van der Waals surface area contributed by atoms with Crippen LogP contribution in [0.15, 0.2) is 53.3 Å². The van der Waals surface area contributed by atoms with E-state index in [0.29, 0.717) is 35.7 Å². The number of furan rings is 1. The Morgan fingerprint density at radius 2 is 1.88 bits per heavy atom. The van der Waals surface area contributed by atoms with Crippen molar-refractivity contribution in [1.82, 2.24) is 9.55 Å². The van der Waals surface area contributed by atoms with Crippen LogP contribution in [0.4, 0.5) is 4.39 Å². The molecular formula is C28H25FN2O3. The Kier molecular flexibility index (Phi) is 3.81. The topological polar surface area (TPSA) is 65.1 Å². The Morgan fingerprint density at radius 1 is 1.09 bits per heavy atom. The minimum Gasteiger partial charge on any atom is -0.459 e. The van der Waals surface area contributed by atoms with Crippen molar-refractivity contribution < 1.29 is 18.4 Å². The summed E-state index contributed by atoms with van der Waals surface area (Å²) in [4.78, 5) is 30.0. The van der Waals surface area contributed by atoms with Gasteiger partial charge in [-0.1, -0.05) is 0 Å². The third-order valence-electron chi connectivity index (χ3n) is 9.08. The molecule has 4 aliphatic carbocycles. The van der Waals surface area contributed by atoms with E-state index in [0.717, 1.165) is 48.4 Å². The lowest BCUT2D eigenvalue weighted by molar-refractivity contribution is -0.233. The number of halogens is 1. The average Bonchev–Trinajstić information content (AvgIpc) is 3.21. The monoisotopic (exact) mass is 456 g/mol. The molecule has 2 bridgehead atoms. The first-order valence-corrected chi connectivity index (χ1v) is 12.0. The van der Waals surface area contributed by atoms with Crippen molar-refractivity contribution in [3.8, 4) is 0 Å². The average molecular weight is 457 g/mol. The number of benzene rings is 1. The van der Waals surface area contributed by atoms with Gasteiger partial charge in [0.2, 0.25) is 0 Å². The lowest BCUT2D eigenvalue weighted by Crippen LogP contribution is -2.68. The fourth-order valence-electron chi connectivity index (χ4n) is 6.98. The molecule has 0 unspecified atom stereocenters. The zero-order valence-corrected chi connectivity index (χ0v) is 19.1. The maximum atomic E-state index is 13.6. The van der Waals surface area contributed by atoms with E-state index in [4.69, 9.17) is 4.42 Å². The van der Waals surface area contributed by atoms with Gasteiger partial charge in [0.1, 0.15) is 22.9 Å². The lowest BCUT2D eigenvalue weighted by atomic mass is 9.30. The van der Waals surface area contributed by atoms with Crippen LogP contribution in [0.2, 0.25) is 0 Å². The number of hydrogen-bond donors (Lipinski definition) is 0. The van der Waals surface area contributed by atoms with Gasteiger partial charge in [0.25, 0.3) is 0 Å². The van der Waals surface area contributed by atoms with Gasteiger partial charge >= 0.3 is 0 Å². The number of fused-ring (bicyclic) bond motifs is 2. The number of hydrogen-bond acceptors (Lipinski definition) is 4. The maximum absolute atomic E-state index is 13.6. The number of pyridine rings is 1. The van der Waals surface area contributed by atoms with Crippen LogP contribution >= 0.6 is 0 Å². The third-order valence-corrected chi connectivity index (χ3v) is 9.08. The van der Waals surface area contributed by atoms with Gasteiger partial charge in [-0.3, -0.25) is 14.6 Å². The fraction of sp³-hybridized carbons (Fsp3) is 0.393. The first-order valence-electron chi connectivity index (χ1n) is 12.0. The van der Waals surface area contributed by atoms with Crippen molar-refractivity contribution >= 4 is 33.4 Å². The zero-order valence-electron chi connectivity index (χ0n) is 19.1. The van der Waals surface area contributed by atoms with Crippen LogP contribution in [0.1, 0.15) is 61.6 Å². The summed E-state index contributed by atoms with van der Waals surface area (Å²) in [6, 6.07) is 8.30. The summed E-state index contributed by atoms with van der Waals surface area (Å²) in [6.45, 7) is 2.16. The van der Waals surface area contributed by atoms with Gasteiger partial charge in [-0.2, -0.15) is 0 Å². The predicted octanol–water partition coefficient (Wildman–Crippen LogP) is 6.08. The molecule has 0 saturated heterocycles. The van der Waals surface area contributed by atoms with Crippen LogP contribution in [0.5, 0.6) is 0 Å². The van der Waals surface area contributed by atoms with Crippen molar-refractivity contribution in [2.45, 2.75) is 52.0 Å². The summed E-state index contributed by atoms with van der Waals surface area (Å²) in [5, 5.41) is 1.64. The van der Waals surface area contributed by atoms with Gasteiger partial charge in [-0.05, 0) is 80.2 Å². The van der Waals surface area contributed by atoms with Crippen molar-refractivity contribution in [2.24, 2.45) is 16.2 Å². The number of carbonyl (C=O) groups is 2. The SMILES string of the molecule is CC(=O)C12CC(C3(CC(=O)c4cncc5ccn(Cc6cc7cc(F)ccc7o6)c45)CC3)(C1)C2. The van der Waals surface area contributed by atoms with Gasteiger partial charge in [-0.15, -0.1) is 0 Å². The number of carbonyl (C=O) groups excluding carboxylic acids is 2. The fourth-order valence-corrected chi connectivity index (χ4v) is 6.98. The molecule has 0 spiro atoms. The minimum absolute atomic E-state index is 0.0592. The first kappa shape index (κ1) is 20.1. The van der Waals surface area contributed by atoms with Crippen molar-refractivity contribution in [2.75, 3.05) is 0 Å². The zero-order chi connectivity index (χ0) is 23.3. The molecule has 34 heavy (non-hydrogen) atoms. The highest BCUT2D eigenvalue weighted by molar-refractivity contribution is 6.07. The molecule has 4 fully saturated rings. The third kappa shape index (κ3) is 2.62. The molecule has 0 radical (unpaired) electrons. The smallest absolute Gasteiger partial charge is 0.167 e. The summed E-state index contributed by atoms with van der Waals surface area (Å²) < 4.78 is 21.5. The van der Waals surface area contributed by atoms with E-state index in [9.17, 15) is 14.0 Å². The standard InChI is InChI=1S/C28H25FN2O3/c1-17(32)26-14-28(15-26,16-26)27(5-6-27)10-23(33)22-12-30-11-18-4-7-31(25(18)22)13-21-9-19-8-20(29)2-3-24(19)34-21/h2-4,7-9,11-12H,5-6,10,13-16H2,1H3. The Balaban J connectivity index is 1.18. The second-order valence-corrected chi connectivity index (χ2v) is 11.0. The summed E-state index contributed by atoms with van der Waals surface area (Å²) in [7, 11) is 0. The Morgan fingerprint density at radius 3 is 2.62 bits per heavy atom. The molecule has 0 amide bonds. The summed E-state index contributed by atoms with van der Waals surface area (Å²) >= 11 is 0. The second-order valence-electron chi connectivity index (χ2n) is 11.0. The van der Waals surface area contributed by atoms with Gasteiger partial charge in [0.15, 0.2) is 5.78 Å².